The third-order valence-electron chi connectivity index (χ3n) is 9.50. The summed E-state index contributed by atoms with van der Waals surface area (Å²) in [7, 11) is 0. The number of hydrogen-bond donors (Lipinski definition) is 0. The highest BCUT2D eigenvalue weighted by Crippen LogP contribution is 2.39. The topological polar surface area (TPSA) is 3.24 Å². The van der Waals surface area contributed by atoms with Gasteiger partial charge in [-0.2, -0.15) is 0 Å². The van der Waals surface area contributed by atoms with E-state index in [0.29, 0.717) is 5.92 Å². The summed E-state index contributed by atoms with van der Waals surface area (Å²) in [6.07, 6.45) is 1.99. The Balaban J connectivity index is 1.08. The van der Waals surface area contributed by atoms with E-state index >= 15 is 0 Å². The average Bonchev–Trinajstić information content (AvgIpc) is 3.16. The van der Waals surface area contributed by atoms with E-state index < -0.39 is 0 Å². The van der Waals surface area contributed by atoms with Crippen LogP contribution in [0.15, 0.2) is 194 Å². The van der Waals surface area contributed by atoms with Gasteiger partial charge in [-0.1, -0.05) is 164 Å². The van der Waals surface area contributed by atoms with Crippen LogP contribution in [0.2, 0.25) is 0 Å². The molecule has 48 heavy (non-hydrogen) atoms. The van der Waals surface area contributed by atoms with Gasteiger partial charge in [-0.3, -0.25) is 0 Å². The van der Waals surface area contributed by atoms with Crippen molar-refractivity contribution < 1.29 is 0 Å². The molecule has 0 spiro atoms. The van der Waals surface area contributed by atoms with Gasteiger partial charge in [-0.15, -0.1) is 0 Å². The number of hydrogen-bond acceptors (Lipinski definition) is 1. The van der Waals surface area contributed by atoms with Crippen LogP contribution in [0, 0.1) is 0 Å². The van der Waals surface area contributed by atoms with Crippen LogP contribution in [-0.2, 0) is 12.8 Å². The fourth-order valence-corrected chi connectivity index (χ4v) is 7.13. The molecule has 0 heterocycles. The van der Waals surface area contributed by atoms with Crippen LogP contribution < -0.4 is 4.90 Å². The first-order valence-corrected chi connectivity index (χ1v) is 16.8. The van der Waals surface area contributed by atoms with Crippen molar-refractivity contribution in [3.63, 3.8) is 0 Å². The first-order valence-electron chi connectivity index (χ1n) is 16.8. The molecule has 0 saturated carbocycles. The van der Waals surface area contributed by atoms with Crippen LogP contribution >= 0.6 is 0 Å². The van der Waals surface area contributed by atoms with Crippen molar-refractivity contribution in [3.05, 3.63) is 211 Å². The van der Waals surface area contributed by atoms with Gasteiger partial charge in [0.05, 0.1) is 5.69 Å². The van der Waals surface area contributed by atoms with Gasteiger partial charge in [0.25, 0.3) is 0 Å². The predicted octanol–water partition coefficient (Wildman–Crippen LogP) is 12.7. The molecule has 0 amide bonds. The molecule has 0 aliphatic heterocycles. The van der Waals surface area contributed by atoms with Gasteiger partial charge in [0.2, 0.25) is 0 Å². The number of benzene rings is 8. The van der Waals surface area contributed by atoms with Crippen LogP contribution in [0.5, 0.6) is 0 Å². The summed E-state index contributed by atoms with van der Waals surface area (Å²) in [5.41, 5.74) is 10.0. The molecule has 1 atom stereocenters. The molecule has 0 aromatic heterocycles. The van der Waals surface area contributed by atoms with Gasteiger partial charge in [0.1, 0.15) is 0 Å². The Kier molecular flexibility index (Phi) is 8.25. The zero-order valence-corrected chi connectivity index (χ0v) is 26.9. The fraction of sp³-hybridized carbons (Fsp3) is 0.0638. The number of para-hydroxylation sites is 1. The number of nitrogens with zero attached hydrogens (tertiary/aromatic N) is 1. The third-order valence-corrected chi connectivity index (χ3v) is 9.50. The summed E-state index contributed by atoms with van der Waals surface area (Å²) in [5.74, 6) is 0.377. The summed E-state index contributed by atoms with van der Waals surface area (Å²) < 4.78 is 0. The number of fused-ring (bicyclic) bond motifs is 2. The lowest BCUT2D eigenvalue weighted by molar-refractivity contribution is 0.685. The van der Waals surface area contributed by atoms with E-state index in [4.69, 9.17) is 0 Å². The van der Waals surface area contributed by atoms with E-state index in [0.717, 1.165) is 24.2 Å². The predicted molar refractivity (Wildman–Crippen MR) is 205 cm³/mol. The Morgan fingerprint density at radius 3 is 1.52 bits per heavy atom. The highest BCUT2D eigenvalue weighted by molar-refractivity contribution is 5.99. The minimum Gasteiger partial charge on any atom is -0.310 e. The minimum atomic E-state index is 0.377. The Hall–Kier alpha value is -5.92. The van der Waals surface area contributed by atoms with Crippen LogP contribution in [-0.4, -0.2) is 0 Å². The lowest BCUT2D eigenvalue weighted by Crippen LogP contribution is -2.10. The molecule has 0 radical (unpaired) electrons. The van der Waals surface area contributed by atoms with Crippen molar-refractivity contribution in [1.29, 1.82) is 0 Å². The second-order valence-electron chi connectivity index (χ2n) is 12.6. The van der Waals surface area contributed by atoms with E-state index in [9.17, 15) is 0 Å². The van der Waals surface area contributed by atoms with E-state index in [2.05, 4.69) is 199 Å². The second-order valence-corrected chi connectivity index (χ2v) is 12.6. The zero-order chi connectivity index (χ0) is 32.1. The Morgan fingerprint density at radius 2 is 0.833 bits per heavy atom. The molecule has 0 aliphatic rings. The summed E-state index contributed by atoms with van der Waals surface area (Å²) in [4.78, 5) is 2.36. The summed E-state index contributed by atoms with van der Waals surface area (Å²) in [6.45, 7) is 0. The van der Waals surface area contributed by atoms with Crippen LogP contribution in [0.25, 0.3) is 32.7 Å². The Labute approximate surface area is 283 Å². The first kappa shape index (κ1) is 29.5. The number of rotatable bonds is 9. The summed E-state index contributed by atoms with van der Waals surface area (Å²) in [6, 6.07) is 70.4. The van der Waals surface area contributed by atoms with E-state index in [1.54, 1.807) is 0 Å². The van der Waals surface area contributed by atoms with Gasteiger partial charge >= 0.3 is 0 Å². The highest BCUT2D eigenvalue weighted by atomic mass is 15.1. The molecular weight excluding hydrogens is 579 g/mol. The maximum Gasteiger partial charge on any atom is 0.0540 e. The van der Waals surface area contributed by atoms with Crippen LogP contribution in [0.1, 0.15) is 22.6 Å². The van der Waals surface area contributed by atoms with Gasteiger partial charge in [0, 0.05) is 16.8 Å². The van der Waals surface area contributed by atoms with Crippen molar-refractivity contribution in [2.75, 3.05) is 4.90 Å². The Bertz CT molecular complexity index is 2260. The molecule has 0 saturated heterocycles. The minimum absolute atomic E-state index is 0.377. The second kappa shape index (κ2) is 13.4. The summed E-state index contributed by atoms with van der Waals surface area (Å²) in [5, 5.41) is 5.13. The average molecular weight is 616 g/mol. The molecule has 8 rings (SSSR count). The maximum atomic E-state index is 2.36. The van der Waals surface area contributed by atoms with Gasteiger partial charge < -0.3 is 4.90 Å². The van der Waals surface area contributed by atoms with Crippen LogP contribution in [0.3, 0.4) is 0 Å². The lowest BCUT2D eigenvalue weighted by atomic mass is 9.84. The van der Waals surface area contributed by atoms with E-state index in [-0.39, 0.29) is 0 Å². The standard InChI is InChI=1S/C47H37N/c1-3-13-35(14-4-1)33-41(45-23-11-17-39-15-7-9-21-44(39)45)34-36-25-27-37(28-26-36)38-29-31-43(32-30-38)48(42-19-5-2-6-20-42)47-24-12-18-40-16-8-10-22-46(40)47/h1-32,41H,33-34H2. The molecule has 8 aromatic carbocycles. The monoisotopic (exact) mass is 615 g/mol. The third kappa shape index (κ3) is 6.11. The molecule has 230 valence electrons. The largest absolute Gasteiger partial charge is 0.310 e. The molecule has 8 aromatic rings. The maximum absolute atomic E-state index is 2.36. The Morgan fingerprint density at radius 1 is 0.354 bits per heavy atom. The molecular formula is C47H37N. The van der Waals surface area contributed by atoms with Crippen molar-refractivity contribution in [3.8, 4) is 11.1 Å². The first-order chi connectivity index (χ1) is 23.8. The smallest absolute Gasteiger partial charge is 0.0540 e. The quantitative estimate of drug-likeness (QED) is 0.156. The lowest BCUT2D eigenvalue weighted by Gasteiger charge is -2.27. The van der Waals surface area contributed by atoms with Crippen molar-refractivity contribution in [2.24, 2.45) is 0 Å². The van der Waals surface area contributed by atoms with Gasteiger partial charge in [-0.25, -0.2) is 0 Å². The zero-order valence-electron chi connectivity index (χ0n) is 26.9. The SMILES string of the molecule is c1ccc(CC(Cc2ccc(-c3ccc(N(c4ccccc4)c4cccc5ccccc45)cc3)cc2)c2cccc3ccccc23)cc1. The normalized spacial score (nSPS) is 11.8. The van der Waals surface area contributed by atoms with Crippen molar-refractivity contribution in [2.45, 2.75) is 18.8 Å². The molecule has 0 fully saturated rings. The van der Waals surface area contributed by atoms with Gasteiger partial charge in [-0.05, 0) is 93.1 Å². The van der Waals surface area contributed by atoms with E-state index in [1.807, 2.05) is 0 Å². The molecule has 1 unspecified atom stereocenters. The fourth-order valence-electron chi connectivity index (χ4n) is 7.13. The molecule has 1 nitrogen and oxygen atoms in total. The molecule has 1 heteroatoms. The number of anilines is 3. The van der Waals surface area contributed by atoms with Crippen LogP contribution in [0.4, 0.5) is 17.1 Å². The summed E-state index contributed by atoms with van der Waals surface area (Å²) >= 11 is 0. The van der Waals surface area contributed by atoms with E-state index in [1.165, 1.54) is 55.0 Å². The van der Waals surface area contributed by atoms with Crippen molar-refractivity contribution in [1.82, 2.24) is 0 Å². The molecule has 0 aliphatic carbocycles. The van der Waals surface area contributed by atoms with Gasteiger partial charge in [0.15, 0.2) is 0 Å². The van der Waals surface area contributed by atoms with Crippen molar-refractivity contribution >= 4 is 38.6 Å². The molecule has 0 bridgehead atoms. The molecule has 0 N–H and O–H groups in total. The highest BCUT2D eigenvalue weighted by Gasteiger charge is 2.18.